The minimum absolute atomic E-state index is 0.00463. The van der Waals surface area contributed by atoms with Crippen LogP contribution in [0.3, 0.4) is 0 Å². The van der Waals surface area contributed by atoms with Gasteiger partial charge >= 0.3 is 5.97 Å². The molecule has 0 saturated carbocycles. The van der Waals surface area contributed by atoms with Crippen LogP contribution < -0.4 is 0 Å². The number of rotatable bonds is 8. The fourth-order valence-corrected chi connectivity index (χ4v) is 5.09. The van der Waals surface area contributed by atoms with Crippen LogP contribution in [0.25, 0.3) is 0 Å². The van der Waals surface area contributed by atoms with E-state index in [0.717, 1.165) is 24.0 Å². The molecular formula is C24H29NO3S. The molecule has 2 aromatic carbocycles. The van der Waals surface area contributed by atoms with E-state index in [0.29, 0.717) is 18.8 Å². The van der Waals surface area contributed by atoms with Gasteiger partial charge in [0.15, 0.2) is 0 Å². The summed E-state index contributed by atoms with van der Waals surface area (Å²) in [5.41, 5.74) is 2.03. The Hall–Kier alpha value is -2.27. The summed E-state index contributed by atoms with van der Waals surface area (Å²) in [6.45, 7) is 4.49. The number of benzene rings is 2. The first-order valence-corrected chi connectivity index (χ1v) is 11.4. The van der Waals surface area contributed by atoms with Crippen LogP contribution in [-0.2, 0) is 14.3 Å². The number of carbonyl (C=O) groups excluding carboxylic acids is 2. The third-order valence-corrected chi connectivity index (χ3v) is 6.59. The fourth-order valence-electron chi connectivity index (χ4n) is 3.66. The Morgan fingerprint density at radius 1 is 1.07 bits per heavy atom. The average Bonchev–Trinajstić information content (AvgIpc) is 3.21. The van der Waals surface area contributed by atoms with Crippen LogP contribution in [0.1, 0.15) is 55.5 Å². The second-order valence-corrected chi connectivity index (χ2v) is 8.36. The van der Waals surface area contributed by atoms with Gasteiger partial charge in [0, 0.05) is 5.75 Å². The maximum absolute atomic E-state index is 13.7. The fraction of sp³-hybridized carbons (Fsp3) is 0.417. The molecule has 3 rings (SSSR count). The van der Waals surface area contributed by atoms with Crippen molar-refractivity contribution < 1.29 is 14.3 Å². The molecule has 1 aliphatic heterocycles. The summed E-state index contributed by atoms with van der Waals surface area (Å²) >= 11 is 1.63. The molecule has 1 saturated heterocycles. The number of esters is 1. The maximum atomic E-state index is 13.7. The monoisotopic (exact) mass is 411 g/mol. The Bertz CT molecular complexity index is 796. The lowest BCUT2D eigenvalue weighted by Gasteiger charge is -2.32. The van der Waals surface area contributed by atoms with Crippen molar-refractivity contribution in [1.29, 1.82) is 0 Å². The Kier molecular flexibility index (Phi) is 7.76. The Balaban J connectivity index is 1.90. The molecule has 0 radical (unpaired) electrons. The molecule has 1 fully saturated rings. The molecule has 0 aliphatic carbocycles. The highest BCUT2D eigenvalue weighted by Gasteiger charge is 2.44. The molecule has 0 aromatic heterocycles. The molecule has 1 aliphatic rings. The van der Waals surface area contributed by atoms with E-state index < -0.39 is 6.04 Å². The van der Waals surface area contributed by atoms with Gasteiger partial charge in [0.25, 0.3) is 0 Å². The molecule has 3 unspecified atom stereocenters. The predicted molar refractivity (Wildman–Crippen MR) is 118 cm³/mol. The van der Waals surface area contributed by atoms with E-state index in [9.17, 15) is 9.59 Å². The lowest BCUT2D eigenvalue weighted by atomic mass is 9.94. The minimum atomic E-state index is -0.549. The number of ether oxygens (including phenoxy) is 1. The summed E-state index contributed by atoms with van der Waals surface area (Å²) in [7, 11) is 0. The first kappa shape index (κ1) is 21.4. The molecule has 1 amide bonds. The van der Waals surface area contributed by atoms with E-state index in [1.165, 1.54) is 0 Å². The van der Waals surface area contributed by atoms with Crippen molar-refractivity contribution in [1.82, 2.24) is 4.90 Å². The van der Waals surface area contributed by atoms with Crippen molar-refractivity contribution in [3.63, 3.8) is 0 Å². The van der Waals surface area contributed by atoms with Crippen LogP contribution in [0.2, 0.25) is 0 Å². The highest BCUT2D eigenvalue weighted by atomic mass is 32.2. The van der Waals surface area contributed by atoms with E-state index in [2.05, 4.69) is 6.92 Å². The second-order valence-electron chi connectivity index (χ2n) is 7.25. The summed E-state index contributed by atoms with van der Waals surface area (Å²) in [6.07, 6.45) is 2.49. The van der Waals surface area contributed by atoms with E-state index in [-0.39, 0.29) is 23.2 Å². The van der Waals surface area contributed by atoms with Crippen LogP contribution in [0.4, 0.5) is 0 Å². The van der Waals surface area contributed by atoms with E-state index in [4.69, 9.17) is 4.74 Å². The SMILES string of the molecule is CCCCOC(=O)C1CSC(c2ccccc2)N1C(=O)C(CC)c1ccccc1. The van der Waals surface area contributed by atoms with E-state index in [1.54, 1.807) is 16.7 Å². The zero-order chi connectivity index (χ0) is 20.6. The zero-order valence-corrected chi connectivity index (χ0v) is 17.9. The zero-order valence-electron chi connectivity index (χ0n) is 17.1. The number of hydrogen-bond acceptors (Lipinski definition) is 4. The van der Waals surface area contributed by atoms with Gasteiger partial charge in [-0.3, -0.25) is 4.79 Å². The second kappa shape index (κ2) is 10.5. The third-order valence-electron chi connectivity index (χ3n) is 5.26. The topological polar surface area (TPSA) is 46.6 Å². The Morgan fingerprint density at radius 3 is 2.34 bits per heavy atom. The van der Waals surface area contributed by atoms with Crippen molar-refractivity contribution in [3.05, 3.63) is 71.8 Å². The lowest BCUT2D eigenvalue weighted by molar-refractivity contribution is -0.154. The van der Waals surface area contributed by atoms with Crippen LogP contribution in [0, 0.1) is 0 Å². The van der Waals surface area contributed by atoms with E-state index >= 15 is 0 Å². The van der Waals surface area contributed by atoms with Crippen LogP contribution in [-0.4, -0.2) is 35.2 Å². The summed E-state index contributed by atoms with van der Waals surface area (Å²) in [5, 5.41) is -0.176. The molecule has 4 nitrogen and oxygen atoms in total. The number of amides is 1. The predicted octanol–water partition coefficient (Wildman–Crippen LogP) is 5.17. The number of unbranched alkanes of at least 4 members (excludes halogenated alkanes) is 1. The molecule has 3 atom stereocenters. The molecule has 154 valence electrons. The quantitative estimate of drug-likeness (QED) is 0.444. The van der Waals surface area contributed by atoms with E-state index in [1.807, 2.05) is 67.6 Å². The Morgan fingerprint density at radius 2 is 1.72 bits per heavy atom. The van der Waals surface area contributed by atoms with Gasteiger partial charge < -0.3 is 9.64 Å². The summed E-state index contributed by atoms with van der Waals surface area (Å²) in [5.74, 6) is -0.00992. The van der Waals surface area contributed by atoms with Gasteiger partial charge in [-0.15, -0.1) is 11.8 Å². The molecule has 2 aromatic rings. The first-order valence-electron chi connectivity index (χ1n) is 10.4. The van der Waals surface area contributed by atoms with Gasteiger partial charge in [-0.2, -0.15) is 0 Å². The third kappa shape index (κ3) is 5.02. The van der Waals surface area contributed by atoms with Gasteiger partial charge in [0.2, 0.25) is 5.91 Å². The molecule has 1 heterocycles. The summed E-state index contributed by atoms with van der Waals surface area (Å²) in [6, 6.07) is 19.2. The maximum Gasteiger partial charge on any atom is 0.329 e. The summed E-state index contributed by atoms with van der Waals surface area (Å²) < 4.78 is 5.50. The van der Waals surface area contributed by atoms with Crippen LogP contribution in [0.5, 0.6) is 0 Å². The lowest BCUT2D eigenvalue weighted by Crippen LogP contribution is -2.45. The highest BCUT2D eigenvalue weighted by molar-refractivity contribution is 7.99. The normalized spacial score (nSPS) is 19.7. The highest BCUT2D eigenvalue weighted by Crippen LogP contribution is 2.43. The van der Waals surface area contributed by atoms with Crippen molar-refractivity contribution in [2.24, 2.45) is 0 Å². The van der Waals surface area contributed by atoms with Crippen LogP contribution in [0.15, 0.2) is 60.7 Å². The average molecular weight is 412 g/mol. The van der Waals surface area contributed by atoms with Crippen LogP contribution >= 0.6 is 11.8 Å². The summed E-state index contributed by atoms with van der Waals surface area (Å²) in [4.78, 5) is 28.3. The smallest absolute Gasteiger partial charge is 0.329 e. The van der Waals surface area contributed by atoms with Gasteiger partial charge in [-0.25, -0.2) is 4.79 Å². The molecule has 0 N–H and O–H groups in total. The standard InChI is InChI=1S/C24H29NO3S/c1-3-5-16-28-24(27)21-17-29-23(19-14-10-7-11-15-19)25(21)22(26)20(4-2)18-12-8-6-9-13-18/h6-15,20-21,23H,3-5,16-17H2,1-2H3. The van der Waals surface area contributed by atoms with Gasteiger partial charge in [0.05, 0.1) is 12.5 Å². The Labute approximate surface area is 177 Å². The first-order chi connectivity index (χ1) is 14.2. The molecule has 0 spiro atoms. The number of thioether (sulfide) groups is 1. The number of carbonyl (C=O) groups is 2. The van der Waals surface area contributed by atoms with Gasteiger partial charge in [0.1, 0.15) is 11.4 Å². The molecule has 29 heavy (non-hydrogen) atoms. The molecular weight excluding hydrogens is 382 g/mol. The van der Waals surface area contributed by atoms with Crippen molar-refractivity contribution in [3.8, 4) is 0 Å². The van der Waals surface area contributed by atoms with Crippen molar-refractivity contribution in [2.75, 3.05) is 12.4 Å². The largest absolute Gasteiger partial charge is 0.464 e. The molecule has 0 bridgehead atoms. The minimum Gasteiger partial charge on any atom is -0.464 e. The number of hydrogen-bond donors (Lipinski definition) is 0. The number of nitrogens with zero attached hydrogens (tertiary/aromatic N) is 1. The van der Waals surface area contributed by atoms with Gasteiger partial charge in [-0.05, 0) is 24.0 Å². The molecule has 5 heteroatoms. The van der Waals surface area contributed by atoms with Crippen molar-refractivity contribution in [2.45, 2.75) is 50.4 Å². The van der Waals surface area contributed by atoms with Gasteiger partial charge in [-0.1, -0.05) is 80.9 Å². The van der Waals surface area contributed by atoms with Crippen molar-refractivity contribution >= 4 is 23.6 Å².